The van der Waals surface area contributed by atoms with E-state index in [4.69, 9.17) is 0 Å². The molecule has 0 aromatic carbocycles. The van der Waals surface area contributed by atoms with Crippen LogP contribution >= 0.6 is 0 Å². The second-order valence-corrected chi connectivity index (χ2v) is 18.1. The molecule has 0 aromatic rings. The average Bonchev–Trinajstić information content (AvgIpc) is 3.22. The molecule has 0 spiro atoms. The Morgan fingerprint density at radius 2 is 0.741 bits per heavy atom. The summed E-state index contributed by atoms with van der Waals surface area (Å²) in [6.07, 6.45) is 60.7. The van der Waals surface area contributed by atoms with E-state index in [0.29, 0.717) is 6.42 Å². The van der Waals surface area contributed by atoms with Gasteiger partial charge in [-0.3, -0.25) is 4.79 Å². The van der Waals surface area contributed by atoms with E-state index in [1.807, 2.05) is 6.08 Å². The van der Waals surface area contributed by atoms with E-state index in [1.54, 1.807) is 6.08 Å². The number of aliphatic hydroxyl groups is 3. The van der Waals surface area contributed by atoms with Crippen LogP contribution in [0.1, 0.15) is 284 Å². The topological polar surface area (TPSA) is 89.8 Å². The fourth-order valence-electron chi connectivity index (χ4n) is 8.24. The third kappa shape index (κ3) is 44.4. The highest BCUT2D eigenvalue weighted by Gasteiger charge is 2.20. The molecule has 344 valence electrons. The van der Waals surface area contributed by atoms with Crippen molar-refractivity contribution in [3.63, 3.8) is 0 Å². The molecule has 0 aliphatic rings. The molecule has 0 aromatic heterocycles. The van der Waals surface area contributed by atoms with Crippen LogP contribution in [-0.4, -0.2) is 46.1 Å². The maximum atomic E-state index is 12.5. The molecular formula is C53H103NO4. The van der Waals surface area contributed by atoms with Crippen LogP contribution in [0.25, 0.3) is 0 Å². The van der Waals surface area contributed by atoms with Gasteiger partial charge in [-0.25, -0.2) is 0 Å². The summed E-state index contributed by atoms with van der Waals surface area (Å²) in [4.78, 5) is 12.5. The number of rotatable bonds is 48. The lowest BCUT2D eigenvalue weighted by Crippen LogP contribution is -2.45. The summed E-state index contributed by atoms with van der Waals surface area (Å²) in [6.45, 7) is 4.23. The van der Waals surface area contributed by atoms with Crippen molar-refractivity contribution < 1.29 is 20.1 Å². The van der Waals surface area contributed by atoms with Crippen LogP contribution in [0.5, 0.6) is 0 Å². The standard InChI is InChI=1S/C53H103NO4/c1-3-5-7-9-11-13-15-17-19-21-23-25-26-27-28-30-32-34-36-38-40-42-44-46-50(56)48-53(58)54-51(49-55)52(57)47-45-43-41-39-37-35-33-31-29-24-22-20-18-16-14-12-10-8-6-4-2/h37,39,45,47,50-52,55-57H,3-36,38,40-44,46,48-49H2,1-2H3,(H,54,58)/b39-37+,47-45+. The number of allylic oxidation sites excluding steroid dienone is 3. The van der Waals surface area contributed by atoms with Crippen molar-refractivity contribution in [1.29, 1.82) is 0 Å². The van der Waals surface area contributed by atoms with Gasteiger partial charge in [-0.05, 0) is 32.1 Å². The summed E-state index contributed by atoms with van der Waals surface area (Å²) in [5.41, 5.74) is 0. The number of carbonyl (C=O) groups is 1. The molecule has 0 heterocycles. The highest BCUT2D eigenvalue weighted by molar-refractivity contribution is 5.76. The van der Waals surface area contributed by atoms with Crippen molar-refractivity contribution in [2.75, 3.05) is 6.61 Å². The zero-order valence-corrected chi connectivity index (χ0v) is 39.2. The largest absolute Gasteiger partial charge is 0.394 e. The average molecular weight is 818 g/mol. The number of amides is 1. The normalized spacial score (nSPS) is 13.5. The summed E-state index contributed by atoms with van der Waals surface area (Å²) in [5, 5.41) is 33.4. The fourth-order valence-corrected chi connectivity index (χ4v) is 8.24. The zero-order chi connectivity index (χ0) is 42.3. The van der Waals surface area contributed by atoms with Gasteiger partial charge in [0.15, 0.2) is 0 Å². The maximum Gasteiger partial charge on any atom is 0.222 e. The number of hydrogen-bond acceptors (Lipinski definition) is 4. The van der Waals surface area contributed by atoms with Gasteiger partial charge in [0.2, 0.25) is 5.91 Å². The number of nitrogens with one attached hydrogen (secondary N) is 1. The van der Waals surface area contributed by atoms with Crippen molar-refractivity contribution >= 4 is 5.91 Å². The van der Waals surface area contributed by atoms with Crippen LogP contribution < -0.4 is 5.32 Å². The van der Waals surface area contributed by atoms with E-state index in [-0.39, 0.29) is 18.9 Å². The minimum absolute atomic E-state index is 0.0103. The van der Waals surface area contributed by atoms with Crippen molar-refractivity contribution in [2.24, 2.45) is 0 Å². The third-order valence-electron chi connectivity index (χ3n) is 12.2. The summed E-state index contributed by atoms with van der Waals surface area (Å²) in [7, 11) is 0. The van der Waals surface area contributed by atoms with Crippen molar-refractivity contribution in [3.8, 4) is 0 Å². The molecule has 0 fully saturated rings. The van der Waals surface area contributed by atoms with Gasteiger partial charge in [-0.15, -0.1) is 0 Å². The second kappa shape index (κ2) is 48.5. The van der Waals surface area contributed by atoms with E-state index in [0.717, 1.165) is 32.1 Å². The SMILES string of the molecule is CCCCCCCCCCCCCCCC/C=C/CC/C=C/C(O)C(CO)NC(=O)CC(O)CCCCCCCCCCCCCCCCCCCCCCCCC. The van der Waals surface area contributed by atoms with Gasteiger partial charge in [-0.2, -0.15) is 0 Å². The van der Waals surface area contributed by atoms with Gasteiger partial charge in [-0.1, -0.05) is 269 Å². The van der Waals surface area contributed by atoms with Crippen LogP contribution in [0, 0.1) is 0 Å². The number of hydrogen-bond donors (Lipinski definition) is 4. The lowest BCUT2D eigenvalue weighted by atomic mass is 10.0. The van der Waals surface area contributed by atoms with E-state index in [2.05, 4.69) is 31.3 Å². The van der Waals surface area contributed by atoms with Crippen molar-refractivity contribution in [1.82, 2.24) is 5.32 Å². The molecule has 0 rings (SSSR count). The van der Waals surface area contributed by atoms with E-state index in [9.17, 15) is 20.1 Å². The summed E-state index contributed by atoms with van der Waals surface area (Å²) in [5.74, 6) is -0.320. The first kappa shape index (κ1) is 56.8. The molecular weight excluding hydrogens is 715 g/mol. The Balaban J connectivity index is 3.60. The molecule has 0 aliphatic heterocycles. The van der Waals surface area contributed by atoms with Gasteiger partial charge >= 0.3 is 0 Å². The van der Waals surface area contributed by atoms with Crippen LogP contribution in [0.3, 0.4) is 0 Å². The van der Waals surface area contributed by atoms with E-state index in [1.165, 1.54) is 225 Å². The molecule has 58 heavy (non-hydrogen) atoms. The molecule has 0 saturated carbocycles. The Labute approximate surface area is 362 Å². The molecule has 1 amide bonds. The monoisotopic (exact) mass is 818 g/mol. The van der Waals surface area contributed by atoms with E-state index < -0.39 is 18.2 Å². The molecule has 0 aliphatic carbocycles. The maximum absolute atomic E-state index is 12.5. The first-order valence-corrected chi connectivity index (χ1v) is 26.1. The molecule has 3 atom stereocenters. The minimum atomic E-state index is -0.949. The molecule has 4 N–H and O–H groups in total. The smallest absolute Gasteiger partial charge is 0.222 e. The third-order valence-corrected chi connectivity index (χ3v) is 12.2. The van der Waals surface area contributed by atoms with Gasteiger partial charge in [0.25, 0.3) is 0 Å². The Hall–Kier alpha value is -1.17. The Morgan fingerprint density at radius 1 is 0.431 bits per heavy atom. The molecule has 3 unspecified atom stereocenters. The van der Waals surface area contributed by atoms with Gasteiger partial charge in [0.05, 0.1) is 31.3 Å². The van der Waals surface area contributed by atoms with Crippen molar-refractivity contribution in [3.05, 3.63) is 24.3 Å². The van der Waals surface area contributed by atoms with Gasteiger partial charge in [0, 0.05) is 0 Å². The molecule has 5 nitrogen and oxygen atoms in total. The predicted octanol–water partition coefficient (Wildman–Crippen LogP) is 15.7. The van der Waals surface area contributed by atoms with Gasteiger partial charge < -0.3 is 20.6 Å². The van der Waals surface area contributed by atoms with Crippen LogP contribution in [0.2, 0.25) is 0 Å². The number of aliphatic hydroxyl groups excluding tert-OH is 3. The number of carbonyl (C=O) groups excluding carboxylic acids is 1. The summed E-state index contributed by atoms with van der Waals surface area (Å²) < 4.78 is 0. The number of unbranched alkanes of at least 4 members (excludes halogenated alkanes) is 37. The lowest BCUT2D eigenvalue weighted by Gasteiger charge is -2.21. The van der Waals surface area contributed by atoms with E-state index >= 15 is 0 Å². The van der Waals surface area contributed by atoms with Crippen LogP contribution in [0.4, 0.5) is 0 Å². The summed E-state index contributed by atoms with van der Waals surface area (Å²) >= 11 is 0. The highest BCUT2D eigenvalue weighted by Crippen LogP contribution is 2.17. The minimum Gasteiger partial charge on any atom is -0.394 e. The fraction of sp³-hybridized carbons (Fsp3) is 0.906. The quantitative estimate of drug-likeness (QED) is 0.0364. The van der Waals surface area contributed by atoms with Crippen LogP contribution in [0.15, 0.2) is 24.3 Å². The second-order valence-electron chi connectivity index (χ2n) is 18.1. The Morgan fingerprint density at radius 3 is 1.10 bits per heavy atom. The highest BCUT2D eigenvalue weighted by atomic mass is 16.3. The Kier molecular flexibility index (Phi) is 47.5. The van der Waals surface area contributed by atoms with Gasteiger partial charge in [0.1, 0.15) is 0 Å². The lowest BCUT2D eigenvalue weighted by molar-refractivity contribution is -0.124. The first-order chi connectivity index (χ1) is 28.5. The zero-order valence-electron chi connectivity index (χ0n) is 39.2. The van der Waals surface area contributed by atoms with Crippen LogP contribution in [-0.2, 0) is 4.79 Å². The van der Waals surface area contributed by atoms with Crippen molar-refractivity contribution in [2.45, 2.75) is 302 Å². The predicted molar refractivity (Wildman–Crippen MR) is 255 cm³/mol. The Bertz CT molecular complexity index is 859. The first-order valence-electron chi connectivity index (χ1n) is 26.1. The molecule has 0 saturated heterocycles. The molecule has 5 heteroatoms. The molecule has 0 bridgehead atoms. The summed E-state index contributed by atoms with van der Waals surface area (Å²) in [6, 6.07) is -0.758. The molecule has 0 radical (unpaired) electrons.